The van der Waals surface area contributed by atoms with Crippen molar-refractivity contribution in [3.8, 4) is 0 Å². The Kier molecular flexibility index (Phi) is 16.5. The molecule has 0 unspecified atom stereocenters. The van der Waals surface area contributed by atoms with Gasteiger partial charge in [0.25, 0.3) is 0 Å². The van der Waals surface area contributed by atoms with Crippen LogP contribution in [0.5, 0.6) is 0 Å². The first-order valence-electron chi connectivity index (χ1n) is 16.9. The van der Waals surface area contributed by atoms with Gasteiger partial charge in [-0.25, -0.2) is 36.8 Å². The van der Waals surface area contributed by atoms with Crippen LogP contribution >= 0.6 is 0 Å². The largest absolute Gasteiger partial charge is 1.00 e. The molecule has 22 heteroatoms. The molecule has 0 saturated heterocycles. The molecule has 6 rings (SSSR count). The van der Waals surface area contributed by atoms with Crippen molar-refractivity contribution < 1.29 is 85.1 Å². The minimum atomic E-state index is -5.07. The van der Waals surface area contributed by atoms with Gasteiger partial charge < -0.3 is 9.11 Å². The first kappa shape index (κ1) is 46.0. The molecule has 0 spiro atoms. The van der Waals surface area contributed by atoms with Gasteiger partial charge in [-0.05, 0) is 73.5 Å². The predicted molar refractivity (Wildman–Crippen MR) is 203 cm³/mol. The van der Waals surface area contributed by atoms with Crippen LogP contribution in [0.25, 0.3) is 12.2 Å². The Labute approximate surface area is 375 Å². The van der Waals surface area contributed by atoms with E-state index in [1.165, 1.54) is 36.4 Å². The third kappa shape index (κ3) is 12.9. The van der Waals surface area contributed by atoms with Gasteiger partial charge in [-0.1, -0.05) is 60.7 Å². The number of hydrogen-bond donors (Lipinski definition) is 6. The molecule has 0 atom stereocenters. The van der Waals surface area contributed by atoms with Gasteiger partial charge in [0.1, 0.15) is 20.2 Å². The molecule has 0 amide bonds. The standard InChI is InChI=1S/C36H36N12O6S2.2Na/c1-3-37-31-43-33(39-25-11-7-5-8-12-25)47-35(45-31)41-27-19-17-23(29(21-27)55(49,50)51)15-16-24-18-20-28(22-30(24)56(52,53)54)42-36-46-32(38-4-2)44-34(48-36)40-26-13-9-6-10-14-26;;/h5-22H,3-4H2,1-2H3,(H,49,50,51)(H,52,53,54)(H3,37,39,41,43,45,47)(H3,38,40,42,44,46,48);;/q;2*+1/p-2. The van der Waals surface area contributed by atoms with Gasteiger partial charge in [0.15, 0.2) is 0 Å². The van der Waals surface area contributed by atoms with Crippen LogP contribution in [0.15, 0.2) is 137 Å². The molecule has 0 aliphatic heterocycles. The number of aromatic nitrogens is 6. The van der Waals surface area contributed by atoms with Crippen molar-refractivity contribution in [2.45, 2.75) is 23.6 Å². The van der Waals surface area contributed by atoms with Crippen LogP contribution in [-0.4, -0.2) is 68.9 Å². The molecule has 0 radical (unpaired) electrons. The van der Waals surface area contributed by atoms with Gasteiger partial charge in [0.2, 0.25) is 33.7 Å². The molecule has 0 aliphatic rings. The Balaban J connectivity index is 0.00000372. The van der Waals surface area contributed by atoms with Gasteiger partial charge in [-0.2, -0.15) is 0 Å². The molecule has 4 aromatic carbocycles. The second-order valence-corrected chi connectivity index (χ2v) is 14.3. The summed E-state index contributed by atoms with van der Waals surface area (Å²) in [4.78, 5) is 43.0. The molecule has 0 bridgehead atoms. The summed E-state index contributed by atoms with van der Waals surface area (Å²) in [7, 11) is -10.1. The SMILES string of the molecule is CCN=c1[nH]c(=Nc2ccccc2)[nH]c(=Nc2ccc(C=Cc3ccc(N=c4[nH]c(=NCC)[nH]c(=Nc5ccccc5)[nH]4)cc3S(=O)(=O)[O-])c(S(=O)(=O)[O-])c2)[nH]1.[Na+].[Na+]. The van der Waals surface area contributed by atoms with E-state index < -0.39 is 30.0 Å². The summed E-state index contributed by atoms with van der Waals surface area (Å²) in [5.41, 5.74) is 2.81. The van der Waals surface area contributed by atoms with E-state index in [1.54, 1.807) is 24.3 Å². The first-order chi connectivity index (χ1) is 26.9. The molecule has 288 valence electrons. The van der Waals surface area contributed by atoms with Gasteiger partial charge in [0.05, 0.1) is 32.5 Å². The smallest absolute Gasteiger partial charge is 0.744 e. The van der Waals surface area contributed by atoms with Crippen molar-refractivity contribution in [2.75, 3.05) is 13.1 Å². The van der Waals surface area contributed by atoms with Gasteiger partial charge in [0, 0.05) is 13.1 Å². The third-order valence-electron chi connectivity index (χ3n) is 7.50. The minimum Gasteiger partial charge on any atom is -0.744 e. The van der Waals surface area contributed by atoms with Gasteiger partial charge >= 0.3 is 59.1 Å². The molecule has 0 saturated carbocycles. The van der Waals surface area contributed by atoms with Gasteiger partial charge in [-0.15, -0.1) is 0 Å². The van der Waals surface area contributed by atoms with E-state index in [4.69, 9.17) is 0 Å². The summed E-state index contributed by atoms with van der Waals surface area (Å²) >= 11 is 0. The Bertz CT molecular complexity index is 2870. The monoisotopic (exact) mass is 840 g/mol. The Morgan fingerprint density at radius 3 is 1.09 bits per heavy atom. The zero-order valence-corrected chi connectivity index (χ0v) is 37.4. The second kappa shape index (κ2) is 20.8. The van der Waals surface area contributed by atoms with Crippen LogP contribution in [0.3, 0.4) is 0 Å². The van der Waals surface area contributed by atoms with E-state index in [0.29, 0.717) is 46.9 Å². The van der Waals surface area contributed by atoms with Crippen molar-refractivity contribution >= 4 is 55.1 Å². The van der Waals surface area contributed by atoms with Crippen LogP contribution in [0.2, 0.25) is 0 Å². The Morgan fingerprint density at radius 2 is 0.776 bits per heavy atom. The normalized spacial score (nSPS) is 13.9. The number of hydrogen-bond acceptors (Lipinski definition) is 12. The number of nitrogens with zero attached hydrogens (tertiary/aromatic N) is 6. The van der Waals surface area contributed by atoms with Crippen molar-refractivity contribution in [3.63, 3.8) is 0 Å². The van der Waals surface area contributed by atoms with E-state index in [0.717, 1.165) is 12.1 Å². The number of rotatable bonds is 10. The van der Waals surface area contributed by atoms with Crippen LogP contribution in [-0.2, 0) is 20.2 Å². The maximum absolute atomic E-state index is 12.4. The first-order valence-corrected chi connectivity index (χ1v) is 19.7. The average Bonchev–Trinajstić information content (AvgIpc) is 3.15. The van der Waals surface area contributed by atoms with Crippen molar-refractivity contribution in [2.24, 2.45) is 30.0 Å². The zero-order valence-electron chi connectivity index (χ0n) is 31.8. The van der Waals surface area contributed by atoms with Crippen LogP contribution < -0.4 is 92.8 Å². The number of benzene rings is 4. The summed E-state index contributed by atoms with van der Waals surface area (Å²) < 4.78 is 74.6. The Hall–Kier alpha value is -4.74. The number of aromatic amines is 6. The molecule has 2 aromatic heterocycles. The van der Waals surface area contributed by atoms with Crippen molar-refractivity contribution in [1.29, 1.82) is 0 Å². The summed E-state index contributed by atoms with van der Waals surface area (Å²) in [6.45, 7) is 4.53. The van der Waals surface area contributed by atoms with E-state index in [1.807, 2.05) is 50.2 Å². The summed E-state index contributed by atoms with van der Waals surface area (Å²) in [5, 5.41) is 0. The molecular weight excluding hydrogens is 807 g/mol. The summed E-state index contributed by atoms with van der Waals surface area (Å²) in [6, 6.07) is 25.9. The van der Waals surface area contributed by atoms with E-state index in [2.05, 4.69) is 59.9 Å². The predicted octanol–water partition coefficient (Wildman–Crippen LogP) is -3.59. The van der Waals surface area contributed by atoms with E-state index in [-0.39, 0.29) is 92.9 Å². The molecule has 2 heterocycles. The fourth-order valence-corrected chi connectivity index (χ4v) is 6.53. The minimum absolute atomic E-state index is 0. The maximum Gasteiger partial charge on any atom is 1.00 e. The molecule has 6 aromatic rings. The zero-order chi connectivity index (χ0) is 39.7. The third-order valence-corrected chi connectivity index (χ3v) is 9.29. The van der Waals surface area contributed by atoms with Crippen molar-refractivity contribution in [3.05, 3.63) is 142 Å². The second-order valence-electron chi connectivity index (χ2n) is 11.6. The van der Waals surface area contributed by atoms with E-state index >= 15 is 0 Å². The van der Waals surface area contributed by atoms with E-state index in [9.17, 15) is 25.9 Å². The fourth-order valence-electron chi connectivity index (χ4n) is 5.15. The number of nitrogens with one attached hydrogen (secondary N) is 6. The quantitative estimate of drug-likeness (QED) is 0.0461. The van der Waals surface area contributed by atoms with Crippen LogP contribution in [0.4, 0.5) is 22.7 Å². The maximum atomic E-state index is 12.4. The molecule has 18 nitrogen and oxygen atoms in total. The topological polar surface area (TPSA) is 283 Å². The van der Waals surface area contributed by atoms with Crippen molar-refractivity contribution in [1.82, 2.24) is 29.9 Å². The molecule has 58 heavy (non-hydrogen) atoms. The summed E-state index contributed by atoms with van der Waals surface area (Å²) in [6.07, 6.45) is 2.43. The molecular formula is C36H34N12Na2O6S2. The van der Waals surface area contributed by atoms with Gasteiger partial charge in [-0.3, -0.25) is 39.9 Å². The molecule has 0 fully saturated rings. The Morgan fingerprint density at radius 1 is 0.466 bits per heavy atom. The van der Waals surface area contributed by atoms with Crippen LogP contribution in [0, 0.1) is 0 Å². The van der Waals surface area contributed by atoms with Crippen LogP contribution in [0.1, 0.15) is 25.0 Å². The fraction of sp³-hybridized carbons (Fsp3) is 0.111. The number of para-hydroxylation sites is 2. The average molecular weight is 841 g/mol. The number of H-pyrrole nitrogens is 6. The summed E-state index contributed by atoms with van der Waals surface area (Å²) in [5.74, 6) is 0. The molecule has 6 N–H and O–H groups in total. The molecule has 0 aliphatic carbocycles.